The average Bonchev–Trinajstić information content (AvgIpc) is 2.66. The van der Waals surface area contributed by atoms with Gasteiger partial charge >= 0.3 is 0 Å². The number of allylic oxidation sites excluding steroid dienone is 5. The van der Waals surface area contributed by atoms with E-state index in [0.717, 1.165) is 25.0 Å². The first-order chi connectivity index (χ1) is 8.67. The van der Waals surface area contributed by atoms with Crippen LogP contribution < -0.4 is 0 Å². The largest absolute Gasteiger partial charge is 0.497 e. The van der Waals surface area contributed by atoms with Crippen molar-refractivity contribution in [2.45, 2.75) is 39.2 Å². The second kappa shape index (κ2) is 5.32. The molecule has 18 heavy (non-hydrogen) atoms. The molecule has 0 aromatic heterocycles. The molecule has 2 aliphatic carbocycles. The van der Waals surface area contributed by atoms with Crippen molar-refractivity contribution in [3.8, 4) is 0 Å². The second-order valence-corrected chi connectivity index (χ2v) is 4.98. The van der Waals surface area contributed by atoms with E-state index < -0.39 is 0 Å². The quantitative estimate of drug-likeness (QED) is 0.414. The normalized spacial score (nSPS) is 23.8. The van der Waals surface area contributed by atoms with Gasteiger partial charge in [-0.25, -0.2) is 0 Å². The maximum Gasteiger partial charge on any atom is 0.118 e. The highest BCUT2D eigenvalue weighted by Gasteiger charge is 2.30. The molecule has 2 atom stereocenters. The third kappa shape index (κ3) is 2.29. The van der Waals surface area contributed by atoms with Crippen molar-refractivity contribution in [1.29, 1.82) is 0 Å². The molecule has 2 aliphatic rings. The van der Waals surface area contributed by atoms with Crippen LogP contribution in [0.3, 0.4) is 0 Å². The van der Waals surface area contributed by atoms with E-state index in [0.29, 0.717) is 5.92 Å². The van der Waals surface area contributed by atoms with Crippen molar-refractivity contribution in [1.82, 2.24) is 0 Å². The van der Waals surface area contributed by atoms with Crippen LogP contribution in [0.4, 0.5) is 0 Å². The first-order valence-electron chi connectivity index (χ1n) is 6.37. The lowest BCUT2D eigenvalue weighted by molar-refractivity contribution is 0.288. The first-order valence-corrected chi connectivity index (χ1v) is 6.37. The molecule has 96 valence electrons. The van der Waals surface area contributed by atoms with E-state index in [4.69, 9.17) is 10.3 Å². The van der Waals surface area contributed by atoms with Crippen LogP contribution in [-0.4, -0.2) is 13.2 Å². The third-order valence-corrected chi connectivity index (χ3v) is 3.70. The number of hydrogen-bond donors (Lipinski definition) is 0. The van der Waals surface area contributed by atoms with Gasteiger partial charge in [-0.1, -0.05) is 23.7 Å². The van der Waals surface area contributed by atoms with Crippen LogP contribution in [0.25, 0.3) is 10.4 Å². The van der Waals surface area contributed by atoms with Crippen LogP contribution in [0.1, 0.15) is 33.1 Å². The molecule has 0 saturated heterocycles. The number of methoxy groups -OCH3 is 1. The highest BCUT2D eigenvalue weighted by Crippen LogP contribution is 2.43. The third-order valence-electron chi connectivity index (χ3n) is 3.70. The molecule has 0 fully saturated rings. The summed E-state index contributed by atoms with van der Waals surface area (Å²) in [6, 6.07) is 0.00947. The van der Waals surface area contributed by atoms with Gasteiger partial charge < -0.3 is 4.74 Å². The van der Waals surface area contributed by atoms with Crippen LogP contribution in [0.5, 0.6) is 0 Å². The second-order valence-electron chi connectivity index (χ2n) is 4.98. The minimum Gasteiger partial charge on any atom is -0.497 e. The van der Waals surface area contributed by atoms with Crippen molar-refractivity contribution in [2.24, 2.45) is 11.0 Å². The van der Waals surface area contributed by atoms with Crippen molar-refractivity contribution in [2.75, 3.05) is 7.11 Å². The number of hydrogen-bond acceptors (Lipinski definition) is 2. The minimum absolute atomic E-state index is 0.00947. The number of nitrogens with zero attached hydrogens (tertiary/aromatic N) is 3. The van der Waals surface area contributed by atoms with Gasteiger partial charge in [-0.15, -0.1) is 0 Å². The Balaban J connectivity index is 2.24. The fourth-order valence-electron chi connectivity index (χ4n) is 2.88. The first kappa shape index (κ1) is 12.8. The van der Waals surface area contributed by atoms with E-state index in [1.165, 1.54) is 16.7 Å². The number of rotatable bonds is 4. The number of ether oxygens (including phenoxy) is 1. The molecular weight excluding hydrogens is 226 g/mol. The Morgan fingerprint density at radius 3 is 3.06 bits per heavy atom. The highest BCUT2D eigenvalue weighted by molar-refractivity contribution is 5.51. The summed E-state index contributed by atoms with van der Waals surface area (Å²) in [6.45, 7) is 4.11. The van der Waals surface area contributed by atoms with Gasteiger partial charge in [-0.3, -0.25) is 0 Å². The monoisotopic (exact) mass is 245 g/mol. The van der Waals surface area contributed by atoms with Crippen molar-refractivity contribution in [3.05, 3.63) is 45.1 Å². The van der Waals surface area contributed by atoms with Gasteiger partial charge in [-0.2, -0.15) is 0 Å². The summed E-state index contributed by atoms with van der Waals surface area (Å²) in [4.78, 5) is 2.89. The smallest absolute Gasteiger partial charge is 0.118 e. The predicted octanol–water partition coefficient (Wildman–Crippen LogP) is 4.27. The van der Waals surface area contributed by atoms with Crippen LogP contribution in [0, 0.1) is 5.92 Å². The van der Waals surface area contributed by atoms with E-state index >= 15 is 0 Å². The zero-order valence-corrected chi connectivity index (χ0v) is 11.2. The van der Waals surface area contributed by atoms with Crippen molar-refractivity contribution < 1.29 is 4.74 Å². The molecule has 0 amide bonds. The van der Waals surface area contributed by atoms with Gasteiger partial charge in [0.05, 0.1) is 7.11 Å². The van der Waals surface area contributed by atoms with E-state index in [-0.39, 0.29) is 6.04 Å². The summed E-state index contributed by atoms with van der Waals surface area (Å²) in [7, 11) is 1.73. The molecule has 0 N–H and O–H groups in total. The predicted molar refractivity (Wildman–Crippen MR) is 71.8 cm³/mol. The van der Waals surface area contributed by atoms with Gasteiger partial charge in [0.2, 0.25) is 0 Å². The summed E-state index contributed by atoms with van der Waals surface area (Å²) >= 11 is 0. The zero-order chi connectivity index (χ0) is 13.1. The van der Waals surface area contributed by atoms with Crippen LogP contribution in [0.2, 0.25) is 0 Å². The lowest BCUT2D eigenvalue weighted by atomic mass is 9.86. The topological polar surface area (TPSA) is 58.0 Å². The van der Waals surface area contributed by atoms with E-state index in [2.05, 4.69) is 29.1 Å². The maximum absolute atomic E-state index is 8.50. The Kier molecular flexibility index (Phi) is 3.78. The van der Waals surface area contributed by atoms with Gasteiger partial charge in [0.25, 0.3) is 0 Å². The van der Waals surface area contributed by atoms with Crippen molar-refractivity contribution >= 4 is 0 Å². The van der Waals surface area contributed by atoms with E-state index in [1.54, 1.807) is 7.11 Å². The maximum atomic E-state index is 8.50. The molecule has 0 aromatic carbocycles. The Morgan fingerprint density at radius 1 is 1.61 bits per heavy atom. The lowest BCUT2D eigenvalue weighted by Crippen LogP contribution is -2.14. The molecule has 0 aliphatic heterocycles. The summed E-state index contributed by atoms with van der Waals surface area (Å²) in [6.07, 6.45) is 7.42. The van der Waals surface area contributed by atoms with Crippen molar-refractivity contribution in [3.63, 3.8) is 0 Å². The summed E-state index contributed by atoms with van der Waals surface area (Å²) < 4.78 is 5.49. The Bertz CT molecular complexity index is 481. The molecule has 0 saturated carbocycles. The van der Waals surface area contributed by atoms with Crippen LogP contribution >= 0.6 is 0 Å². The van der Waals surface area contributed by atoms with Gasteiger partial charge in [0.15, 0.2) is 0 Å². The van der Waals surface area contributed by atoms with E-state index in [9.17, 15) is 0 Å². The molecule has 0 aromatic rings. The standard InChI is InChI=1S/C14H19N3O/c1-9-7-11-5-4-6-13(18-3)14(11)12(9)8-10(2)16-17-15/h6-7,10,12H,4-5,8H2,1-3H3/t10-,12?/m0/s1. The molecule has 0 radical (unpaired) electrons. The molecule has 2 rings (SSSR count). The Morgan fingerprint density at radius 2 is 2.39 bits per heavy atom. The van der Waals surface area contributed by atoms with Crippen LogP contribution in [0.15, 0.2) is 39.7 Å². The van der Waals surface area contributed by atoms with Gasteiger partial charge in [-0.05, 0) is 43.4 Å². The molecule has 1 unspecified atom stereocenters. The highest BCUT2D eigenvalue weighted by atomic mass is 16.5. The fraction of sp³-hybridized carbons (Fsp3) is 0.571. The van der Waals surface area contributed by atoms with Gasteiger partial charge in [0.1, 0.15) is 5.76 Å². The summed E-state index contributed by atoms with van der Waals surface area (Å²) in [5, 5.41) is 3.78. The minimum atomic E-state index is 0.00947. The SMILES string of the molecule is COC1=CCCC2=C1C(C[C@H](C)N=[N+]=[N-])C(C)=C2. The van der Waals surface area contributed by atoms with Gasteiger partial charge in [0, 0.05) is 22.4 Å². The van der Waals surface area contributed by atoms with E-state index in [1.807, 2.05) is 6.92 Å². The molecule has 0 spiro atoms. The lowest BCUT2D eigenvalue weighted by Gasteiger charge is -2.23. The molecule has 0 heterocycles. The molecule has 0 bridgehead atoms. The summed E-state index contributed by atoms with van der Waals surface area (Å²) in [5.41, 5.74) is 12.6. The molecule has 4 heteroatoms. The summed E-state index contributed by atoms with van der Waals surface area (Å²) in [5.74, 6) is 1.34. The Hall–Kier alpha value is -1.67. The Labute approximate surface area is 108 Å². The fourth-order valence-corrected chi connectivity index (χ4v) is 2.88. The number of azide groups is 1. The average molecular weight is 245 g/mol. The molecule has 4 nitrogen and oxygen atoms in total. The molecular formula is C14H19N3O. The van der Waals surface area contributed by atoms with Crippen LogP contribution in [-0.2, 0) is 4.74 Å². The zero-order valence-electron chi connectivity index (χ0n) is 11.2.